The van der Waals surface area contributed by atoms with Crippen LogP contribution >= 0.6 is 0 Å². The number of fused-ring (bicyclic) bond motifs is 1. The smallest absolute Gasteiger partial charge is 0.122 e. The van der Waals surface area contributed by atoms with Crippen molar-refractivity contribution in [1.29, 1.82) is 0 Å². The predicted octanol–water partition coefficient (Wildman–Crippen LogP) is 3.09. The third kappa shape index (κ3) is 3.71. The van der Waals surface area contributed by atoms with Gasteiger partial charge in [-0.2, -0.15) is 0 Å². The first-order valence-corrected chi connectivity index (χ1v) is 7.26. The topological polar surface area (TPSA) is 30.5 Å². The fourth-order valence-electron chi connectivity index (χ4n) is 2.58. The molecule has 2 unspecified atom stereocenters. The van der Waals surface area contributed by atoms with Crippen LogP contribution in [0, 0.1) is 0 Å². The minimum absolute atomic E-state index is 0.318. The number of rotatable bonds is 7. The van der Waals surface area contributed by atoms with Crippen molar-refractivity contribution in [3.8, 4) is 5.75 Å². The van der Waals surface area contributed by atoms with Crippen molar-refractivity contribution in [2.75, 3.05) is 20.3 Å². The van der Waals surface area contributed by atoms with Crippen LogP contribution in [0.25, 0.3) is 0 Å². The molecule has 1 aromatic carbocycles. The summed E-state index contributed by atoms with van der Waals surface area (Å²) in [6.07, 6.45) is 3.53. The summed E-state index contributed by atoms with van der Waals surface area (Å²) in [5.41, 5.74) is 2.72. The van der Waals surface area contributed by atoms with E-state index in [9.17, 15) is 0 Å². The normalized spacial score (nSPS) is 16.8. The zero-order valence-corrected chi connectivity index (χ0v) is 12.2. The van der Waals surface area contributed by atoms with Gasteiger partial charge in [0, 0.05) is 19.6 Å². The van der Waals surface area contributed by atoms with Crippen LogP contribution in [0.4, 0.5) is 0 Å². The highest BCUT2D eigenvalue weighted by atomic mass is 16.5. The second-order valence-corrected chi connectivity index (χ2v) is 5.20. The first-order valence-electron chi connectivity index (χ1n) is 7.26. The number of ether oxygens (including phenoxy) is 2. The van der Waals surface area contributed by atoms with Crippen molar-refractivity contribution in [2.45, 2.75) is 45.3 Å². The molecule has 0 saturated heterocycles. The Morgan fingerprint density at radius 3 is 2.95 bits per heavy atom. The maximum atomic E-state index is 5.57. The minimum Gasteiger partial charge on any atom is -0.493 e. The Kier molecular flexibility index (Phi) is 5.23. The molecular weight excluding hydrogens is 238 g/mol. The summed E-state index contributed by atoms with van der Waals surface area (Å²) >= 11 is 0. The fourth-order valence-corrected chi connectivity index (χ4v) is 2.58. The second-order valence-electron chi connectivity index (χ2n) is 5.20. The van der Waals surface area contributed by atoms with Gasteiger partial charge in [-0.25, -0.2) is 0 Å². The Balaban J connectivity index is 2.05. The standard InChI is InChI=1S/C16H25NO2/c1-4-17-15(7-5-12(2)18-3)13-6-8-16-14(11-13)9-10-19-16/h6,8,11-12,15,17H,4-5,7,9-10H2,1-3H3. The molecule has 1 aliphatic heterocycles. The molecule has 0 bridgehead atoms. The summed E-state index contributed by atoms with van der Waals surface area (Å²) in [6, 6.07) is 7.01. The van der Waals surface area contributed by atoms with E-state index in [0.717, 1.165) is 38.2 Å². The zero-order chi connectivity index (χ0) is 13.7. The van der Waals surface area contributed by atoms with Crippen molar-refractivity contribution in [3.63, 3.8) is 0 Å². The van der Waals surface area contributed by atoms with Crippen LogP contribution in [0.5, 0.6) is 5.75 Å². The van der Waals surface area contributed by atoms with Gasteiger partial charge in [0.2, 0.25) is 0 Å². The third-order valence-electron chi connectivity index (χ3n) is 3.83. The molecule has 0 spiro atoms. The highest BCUT2D eigenvalue weighted by molar-refractivity contribution is 5.40. The summed E-state index contributed by atoms with van der Waals surface area (Å²) in [6.45, 7) is 6.09. The molecule has 0 aromatic heterocycles. The third-order valence-corrected chi connectivity index (χ3v) is 3.83. The maximum absolute atomic E-state index is 5.57. The Hall–Kier alpha value is -1.06. The van der Waals surface area contributed by atoms with Crippen molar-refractivity contribution in [1.82, 2.24) is 5.32 Å². The van der Waals surface area contributed by atoms with E-state index >= 15 is 0 Å². The molecule has 1 heterocycles. The maximum Gasteiger partial charge on any atom is 0.122 e. The minimum atomic E-state index is 0.318. The van der Waals surface area contributed by atoms with Gasteiger partial charge in [-0.05, 0) is 43.5 Å². The quantitative estimate of drug-likeness (QED) is 0.820. The molecule has 0 fully saturated rings. The van der Waals surface area contributed by atoms with Gasteiger partial charge < -0.3 is 14.8 Å². The van der Waals surface area contributed by atoms with Crippen LogP contribution in [0.15, 0.2) is 18.2 Å². The number of hydrogen-bond acceptors (Lipinski definition) is 3. The molecule has 0 aliphatic carbocycles. The molecular formula is C16H25NO2. The molecule has 0 amide bonds. The van der Waals surface area contributed by atoms with Crippen molar-refractivity contribution in [2.24, 2.45) is 0 Å². The lowest BCUT2D eigenvalue weighted by Gasteiger charge is -2.20. The van der Waals surface area contributed by atoms with Crippen LogP contribution in [-0.2, 0) is 11.2 Å². The Labute approximate surface area is 116 Å². The Bertz CT molecular complexity index is 406. The SMILES string of the molecule is CCNC(CCC(C)OC)c1ccc2c(c1)CCO2. The van der Waals surface area contributed by atoms with Crippen LogP contribution in [-0.4, -0.2) is 26.4 Å². The van der Waals surface area contributed by atoms with E-state index in [0.29, 0.717) is 12.1 Å². The number of methoxy groups -OCH3 is 1. The van der Waals surface area contributed by atoms with Gasteiger partial charge in [0.1, 0.15) is 5.75 Å². The van der Waals surface area contributed by atoms with Gasteiger partial charge >= 0.3 is 0 Å². The number of hydrogen-bond donors (Lipinski definition) is 1. The molecule has 106 valence electrons. The van der Waals surface area contributed by atoms with Crippen molar-refractivity contribution in [3.05, 3.63) is 29.3 Å². The van der Waals surface area contributed by atoms with E-state index in [-0.39, 0.29) is 0 Å². The molecule has 2 rings (SSSR count). The molecule has 1 aromatic rings. The van der Waals surface area contributed by atoms with Gasteiger partial charge in [-0.3, -0.25) is 0 Å². The summed E-state index contributed by atoms with van der Waals surface area (Å²) in [5, 5.41) is 3.57. The molecule has 3 heteroatoms. The van der Waals surface area contributed by atoms with E-state index in [1.165, 1.54) is 11.1 Å². The van der Waals surface area contributed by atoms with Crippen LogP contribution in [0.2, 0.25) is 0 Å². The van der Waals surface area contributed by atoms with E-state index in [1.54, 1.807) is 7.11 Å². The first kappa shape index (κ1) is 14.4. The van der Waals surface area contributed by atoms with Gasteiger partial charge in [-0.15, -0.1) is 0 Å². The molecule has 2 atom stereocenters. The monoisotopic (exact) mass is 263 g/mol. The summed E-state index contributed by atoms with van der Waals surface area (Å²) in [5.74, 6) is 1.06. The number of benzene rings is 1. The first-order chi connectivity index (χ1) is 9.24. The van der Waals surface area contributed by atoms with Gasteiger partial charge in [0.15, 0.2) is 0 Å². The lowest BCUT2D eigenvalue weighted by atomic mass is 9.98. The highest BCUT2D eigenvalue weighted by Gasteiger charge is 2.17. The summed E-state index contributed by atoms with van der Waals surface area (Å²) < 4.78 is 10.9. The van der Waals surface area contributed by atoms with E-state index in [1.807, 2.05) is 0 Å². The largest absolute Gasteiger partial charge is 0.493 e. The Morgan fingerprint density at radius 1 is 1.37 bits per heavy atom. The zero-order valence-electron chi connectivity index (χ0n) is 12.2. The lowest BCUT2D eigenvalue weighted by Crippen LogP contribution is -2.22. The molecule has 1 N–H and O–H groups in total. The molecule has 19 heavy (non-hydrogen) atoms. The van der Waals surface area contributed by atoms with Gasteiger partial charge in [0.25, 0.3) is 0 Å². The molecule has 1 aliphatic rings. The second kappa shape index (κ2) is 6.92. The van der Waals surface area contributed by atoms with Crippen molar-refractivity contribution >= 4 is 0 Å². The van der Waals surface area contributed by atoms with Crippen LogP contribution in [0.1, 0.15) is 43.9 Å². The summed E-state index contributed by atoms with van der Waals surface area (Å²) in [7, 11) is 1.78. The predicted molar refractivity (Wildman–Crippen MR) is 77.8 cm³/mol. The molecule has 3 nitrogen and oxygen atoms in total. The van der Waals surface area contributed by atoms with Gasteiger partial charge in [-0.1, -0.05) is 19.1 Å². The summed E-state index contributed by atoms with van der Waals surface area (Å²) in [4.78, 5) is 0. The average Bonchev–Trinajstić information content (AvgIpc) is 2.90. The van der Waals surface area contributed by atoms with E-state index in [4.69, 9.17) is 9.47 Å². The molecule has 0 radical (unpaired) electrons. The van der Waals surface area contributed by atoms with Gasteiger partial charge in [0.05, 0.1) is 12.7 Å². The van der Waals surface area contributed by atoms with E-state index < -0.39 is 0 Å². The van der Waals surface area contributed by atoms with E-state index in [2.05, 4.69) is 37.4 Å². The average molecular weight is 263 g/mol. The molecule has 0 saturated carbocycles. The Morgan fingerprint density at radius 2 is 2.21 bits per heavy atom. The highest BCUT2D eigenvalue weighted by Crippen LogP contribution is 2.29. The fraction of sp³-hybridized carbons (Fsp3) is 0.625. The van der Waals surface area contributed by atoms with Crippen LogP contribution < -0.4 is 10.1 Å². The van der Waals surface area contributed by atoms with Crippen LogP contribution in [0.3, 0.4) is 0 Å². The number of nitrogens with one attached hydrogen (secondary N) is 1. The lowest BCUT2D eigenvalue weighted by molar-refractivity contribution is 0.106. The van der Waals surface area contributed by atoms with Crippen molar-refractivity contribution < 1.29 is 9.47 Å².